The number of alkyl halides is 2. The molecule has 3 N–H and O–H groups in total. The van der Waals surface area contributed by atoms with Crippen LogP contribution in [0.3, 0.4) is 0 Å². The predicted molar refractivity (Wildman–Crippen MR) is 166 cm³/mol. The monoisotopic (exact) mass is 596 g/mol. The molecule has 3 aromatic rings. The van der Waals surface area contributed by atoms with Crippen LogP contribution >= 0.6 is 23.2 Å². The number of rotatable bonds is 15. The summed E-state index contributed by atoms with van der Waals surface area (Å²) in [5.41, 5.74) is 4.38. The van der Waals surface area contributed by atoms with Crippen molar-refractivity contribution in [1.29, 1.82) is 0 Å². The first-order chi connectivity index (χ1) is 20.1. The third kappa shape index (κ3) is 9.37. The number of nitrogens with one attached hydrogen (secondary N) is 3. The number of halogens is 2. The number of benzene rings is 2. The molecule has 2 aromatic carbocycles. The Labute approximate surface area is 252 Å². The molecule has 0 saturated heterocycles. The van der Waals surface area contributed by atoms with Crippen molar-refractivity contribution in [3.63, 3.8) is 0 Å². The van der Waals surface area contributed by atoms with Gasteiger partial charge in [-0.1, -0.05) is 48.5 Å². The van der Waals surface area contributed by atoms with E-state index in [0.717, 1.165) is 62.2 Å². The van der Waals surface area contributed by atoms with Gasteiger partial charge in [0.2, 0.25) is 5.91 Å². The van der Waals surface area contributed by atoms with Crippen molar-refractivity contribution in [3.05, 3.63) is 83.1 Å². The lowest BCUT2D eigenvalue weighted by atomic mass is 9.92. The van der Waals surface area contributed by atoms with Crippen molar-refractivity contribution in [2.24, 2.45) is 4.99 Å². The number of aryl methyl sites for hydroxylation is 1. The van der Waals surface area contributed by atoms with Gasteiger partial charge in [0.25, 0.3) is 5.91 Å². The zero-order chi connectivity index (χ0) is 28.9. The van der Waals surface area contributed by atoms with Gasteiger partial charge in [0.05, 0.1) is 0 Å². The molecule has 0 atom stereocenters. The summed E-state index contributed by atoms with van der Waals surface area (Å²) in [6.45, 7) is 2.45. The summed E-state index contributed by atoms with van der Waals surface area (Å²) in [5, 5.41) is 8.98. The molecule has 0 spiro atoms. The second-order valence-electron chi connectivity index (χ2n) is 10.1. The van der Waals surface area contributed by atoms with Crippen LogP contribution in [-0.2, 0) is 11.2 Å². The molecule has 7 nitrogen and oxygen atoms in total. The van der Waals surface area contributed by atoms with E-state index < -0.39 is 0 Å². The second-order valence-corrected chi connectivity index (χ2v) is 10.9. The summed E-state index contributed by atoms with van der Waals surface area (Å²) >= 11 is 11.9. The molecule has 41 heavy (non-hydrogen) atoms. The third-order valence-electron chi connectivity index (χ3n) is 7.14. The van der Waals surface area contributed by atoms with E-state index >= 15 is 0 Å². The number of amidine groups is 1. The van der Waals surface area contributed by atoms with Crippen molar-refractivity contribution in [2.45, 2.75) is 44.4 Å². The first-order valence-corrected chi connectivity index (χ1v) is 15.4. The maximum Gasteiger partial charge on any atom is 0.287 e. The van der Waals surface area contributed by atoms with Crippen LogP contribution in [0, 0.1) is 0 Å². The highest BCUT2D eigenvalue weighted by Gasteiger charge is 2.14. The number of carbonyl (C=O) groups excluding carboxylic acids is 2. The zero-order valence-electron chi connectivity index (χ0n) is 23.3. The highest BCUT2D eigenvalue weighted by molar-refractivity contribution is 6.18. The second kappa shape index (κ2) is 16.2. The first kappa shape index (κ1) is 30.7. The predicted octanol–water partition coefficient (Wildman–Crippen LogP) is 5.90. The van der Waals surface area contributed by atoms with Crippen LogP contribution in [0.1, 0.15) is 65.3 Å². The van der Waals surface area contributed by atoms with Crippen molar-refractivity contribution >= 4 is 40.9 Å². The molecule has 0 bridgehead atoms. The van der Waals surface area contributed by atoms with Crippen LogP contribution in [0.4, 0.5) is 0 Å². The minimum Gasteiger partial charge on any atom is -0.451 e. The quantitative estimate of drug-likeness (QED) is 0.150. The first-order valence-electron chi connectivity index (χ1n) is 14.3. The van der Waals surface area contributed by atoms with E-state index in [9.17, 15) is 9.59 Å². The third-order valence-corrected chi connectivity index (χ3v) is 7.57. The van der Waals surface area contributed by atoms with Gasteiger partial charge in [-0.05, 0) is 61.3 Å². The summed E-state index contributed by atoms with van der Waals surface area (Å²) in [7, 11) is 0. The summed E-state index contributed by atoms with van der Waals surface area (Å²) < 4.78 is 5.78. The lowest BCUT2D eigenvalue weighted by Gasteiger charge is -2.15. The fourth-order valence-corrected chi connectivity index (χ4v) is 5.36. The van der Waals surface area contributed by atoms with E-state index in [1.807, 2.05) is 24.3 Å². The SMILES string of the molecule is O=C(CCCc1ccc(C(CCCl)CCCl)cc1)NCCNC(=O)c1ccc(-c2ccc(C3=NCCCN3)cc2)o1. The van der Waals surface area contributed by atoms with Crippen LogP contribution < -0.4 is 16.0 Å². The Hall–Kier alpha value is -3.29. The van der Waals surface area contributed by atoms with Crippen molar-refractivity contribution in [1.82, 2.24) is 16.0 Å². The molecule has 0 aliphatic carbocycles. The molecule has 0 unspecified atom stereocenters. The lowest BCUT2D eigenvalue weighted by molar-refractivity contribution is -0.121. The number of furan rings is 1. The Bertz CT molecular complexity index is 1280. The maximum absolute atomic E-state index is 12.5. The molecule has 0 fully saturated rings. The van der Waals surface area contributed by atoms with Gasteiger partial charge in [-0.2, -0.15) is 0 Å². The fourth-order valence-electron chi connectivity index (χ4n) is 4.84. The normalized spacial score (nSPS) is 13.0. The van der Waals surface area contributed by atoms with Crippen LogP contribution in [0.25, 0.3) is 11.3 Å². The summed E-state index contributed by atoms with van der Waals surface area (Å²) in [6.07, 6.45) is 4.90. The molecule has 1 aliphatic rings. The fraction of sp³-hybridized carbons (Fsp3) is 0.406. The van der Waals surface area contributed by atoms with Gasteiger partial charge in [-0.25, -0.2) is 0 Å². The number of carbonyl (C=O) groups is 2. The standard InChI is InChI=1S/C32H38Cl2N4O3/c33-17-15-25(16-18-34)24-7-5-23(6-8-24)3-1-4-30(39)35-21-22-38-32(40)29-14-13-28(41-29)26-9-11-27(12-10-26)31-36-19-2-20-37-31/h5-14,25H,1-4,15-22H2,(H,35,39)(H,36,37)(H,38,40). The molecular weight excluding hydrogens is 559 g/mol. The molecule has 0 saturated carbocycles. The highest BCUT2D eigenvalue weighted by Crippen LogP contribution is 2.25. The Morgan fingerprint density at radius 3 is 2.29 bits per heavy atom. The Morgan fingerprint density at radius 1 is 0.902 bits per heavy atom. The van der Waals surface area contributed by atoms with E-state index in [1.165, 1.54) is 11.1 Å². The molecule has 0 radical (unpaired) electrons. The number of hydrogen-bond acceptors (Lipinski definition) is 5. The van der Waals surface area contributed by atoms with E-state index in [4.69, 9.17) is 27.6 Å². The Kier molecular flexibility index (Phi) is 12.1. The van der Waals surface area contributed by atoms with Gasteiger partial charge in [-0.15, -0.1) is 23.2 Å². The summed E-state index contributed by atoms with van der Waals surface area (Å²) in [4.78, 5) is 29.3. The number of hydrogen-bond donors (Lipinski definition) is 3. The van der Waals surface area contributed by atoms with Crippen molar-refractivity contribution < 1.29 is 14.0 Å². The van der Waals surface area contributed by atoms with Gasteiger partial charge in [0.15, 0.2) is 5.76 Å². The van der Waals surface area contributed by atoms with E-state index in [-0.39, 0.29) is 17.6 Å². The lowest BCUT2D eigenvalue weighted by Crippen LogP contribution is -2.34. The van der Waals surface area contributed by atoms with Crippen LogP contribution in [0.2, 0.25) is 0 Å². The van der Waals surface area contributed by atoms with E-state index in [0.29, 0.717) is 42.9 Å². The van der Waals surface area contributed by atoms with Crippen LogP contribution in [0.15, 0.2) is 70.1 Å². The number of amides is 2. The summed E-state index contributed by atoms with van der Waals surface area (Å²) in [5.74, 6) is 3.05. The Morgan fingerprint density at radius 2 is 1.61 bits per heavy atom. The highest BCUT2D eigenvalue weighted by atomic mass is 35.5. The number of aliphatic imine (C=N–C) groups is 1. The van der Waals surface area contributed by atoms with Gasteiger partial charge < -0.3 is 20.4 Å². The van der Waals surface area contributed by atoms with Gasteiger partial charge in [0, 0.05) is 55.5 Å². The maximum atomic E-state index is 12.5. The molecule has 2 heterocycles. The van der Waals surface area contributed by atoms with Gasteiger partial charge in [0.1, 0.15) is 11.6 Å². The van der Waals surface area contributed by atoms with E-state index in [1.54, 1.807) is 12.1 Å². The van der Waals surface area contributed by atoms with Gasteiger partial charge >= 0.3 is 0 Å². The average molecular weight is 598 g/mol. The van der Waals surface area contributed by atoms with Crippen molar-refractivity contribution in [3.8, 4) is 11.3 Å². The Balaban J connectivity index is 1.13. The molecule has 2 amide bonds. The molecule has 1 aliphatic heterocycles. The topological polar surface area (TPSA) is 95.7 Å². The minimum absolute atomic E-state index is 0.0294. The van der Waals surface area contributed by atoms with Crippen molar-refractivity contribution in [2.75, 3.05) is 37.9 Å². The minimum atomic E-state index is -0.314. The average Bonchev–Trinajstić information content (AvgIpc) is 3.51. The molecule has 4 rings (SSSR count). The largest absolute Gasteiger partial charge is 0.451 e. The molecule has 218 valence electrons. The summed E-state index contributed by atoms with van der Waals surface area (Å²) in [6, 6.07) is 19.9. The van der Waals surface area contributed by atoms with Gasteiger partial charge in [-0.3, -0.25) is 14.6 Å². The number of nitrogens with zero attached hydrogens (tertiary/aromatic N) is 1. The molecular formula is C32H38Cl2N4O3. The van der Waals surface area contributed by atoms with Crippen LogP contribution in [-0.4, -0.2) is 55.6 Å². The molecule has 1 aromatic heterocycles. The van der Waals surface area contributed by atoms with Crippen LogP contribution in [0.5, 0.6) is 0 Å². The van der Waals surface area contributed by atoms with E-state index in [2.05, 4.69) is 45.2 Å². The zero-order valence-corrected chi connectivity index (χ0v) is 24.8. The molecule has 9 heteroatoms. The smallest absolute Gasteiger partial charge is 0.287 e.